The summed E-state index contributed by atoms with van der Waals surface area (Å²) in [4.78, 5) is 35.7. The van der Waals surface area contributed by atoms with Crippen molar-refractivity contribution in [3.63, 3.8) is 0 Å². The third-order valence-electron chi connectivity index (χ3n) is 5.17. The van der Waals surface area contributed by atoms with Crippen LogP contribution in [0, 0.1) is 11.8 Å². The summed E-state index contributed by atoms with van der Waals surface area (Å²) in [5.74, 6) is -2.60. The summed E-state index contributed by atoms with van der Waals surface area (Å²) in [6.07, 6.45) is 0.890. The van der Waals surface area contributed by atoms with Gasteiger partial charge < -0.3 is 19.7 Å². The predicted molar refractivity (Wildman–Crippen MR) is 103 cm³/mol. The van der Waals surface area contributed by atoms with Gasteiger partial charge in [-0.1, -0.05) is 32.6 Å². The molecule has 0 aromatic carbocycles. The fourth-order valence-corrected chi connectivity index (χ4v) is 3.31. The topological polar surface area (TPSA) is 113 Å². The molecule has 1 aliphatic rings. The van der Waals surface area contributed by atoms with E-state index in [-0.39, 0.29) is 42.8 Å². The second-order valence-electron chi connectivity index (χ2n) is 7.46. The molecule has 1 unspecified atom stereocenters. The van der Waals surface area contributed by atoms with Gasteiger partial charge in [-0.2, -0.15) is 0 Å². The van der Waals surface area contributed by atoms with Crippen molar-refractivity contribution < 1.29 is 34.1 Å². The monoisotopic (exact) mass is 396 g/mol. The molecule has 0 saturated carbocycles. The minimum atomic E-state index is -1.35. The van der Waals surface area contributed by atoms with Crippen LogP contribution < -0.4 is 0 Å². The van der Waals surface area contributed by atoms with Gasteiger partial charge in [-0.15, -0.1) is 0 Å². The molecule has 7 heteroatoms. The molecular weight excluding hydrogens is 364 g/mol. The number of rotatable bonds is 12. The standard InChI is InChI=1S/C21H32O7/c1-7-9-12(3)20-21(6,28-20)19(26)16(11-27-14(5)22)18(25)13(4)17(24)10-15(23)8-2/h7,9,12,16-17,19-20,24,26H,4,8,10-11H2,1-3,5-6H3/b9-7-/t12-,16-,17-,19-,20+,21?/m0/s1. The summed E-state index contributed by atoms with van der Waals surface area (Å²) < 4.78 is 10.7. The van der Waals surface area contributed by atoms with Crippen LogP contribution in [-0.4, -0.2) is 58.3 Å². The summed E-state index contributed by atoms with van der Waals surface area (Å²) in [7, 11) is 0. The average molecular weight is 396 g/mol. The van der Waals surface area contributed by atoms with E-state index in [0.717, 1.165) is 0 Å². The van der Waals surface area contributed by atoms with E-state index in [1.165, 1.54) is 6.92 Å². The number of hydrogen-bond acceptors (Lipinski definition) is 7. The van der Waals surface area contributed by atoms with E-state index in [9.17, 15) is 24.6 Å². The number of aliphatic hydroxyl groups is 2. The smallest absolute Gasteiger partial charge is 0.302 e. The number of carbonyl (C=O) groups is 3. The maximum atomic E-state index is 12.9. The second-order valence-corrected chi connectivity index (χ2v) is 7.46. The molecule has 7 nitrogen and oxygen atoms in total. The van der Waals surface area contributed by atoms with Gasteiger partial charge in [0, 0.05) is 31.3 Å². The van der Waals surface area contributed by atoms with Crippen LogP contribution in [0.25, 0.3) is 0 Å². The number of esters is 1. The van der Waals surface area contributed by atoms with Gasteiger partial charge in [-0.3, -0.25) is 14.4 Å². The zero-order chi connectivity index (χ0) is 21.6. The number of ketones is 2. The molecule has 158 valence electrons. The van der Waals surface area contributed by atoms with Gasteiger partial charge in [0.15, 0.2) is 5.78 Å². The SMILES string of the molecule is C=C(C(=O)[C@H](COC(C)=O)[C@H](O)C1(C)O[C@@H]1[C@@H](C)/C=C\C)[C@@H](O)CC(=O)CC. The maximum Gasteiger partial charge on any atom is 0.302 e. The summed E-state index contributed by atoms with van der Waals surface area (Å²) in [6.45, 7) is 11.6. The number of carbonyl (C=O) groups excluding carboxylic acids is 3. The highest BCUT2D eigenvalue weighted by molar-refractivity contribution is 5.99. The molecule has 0 aromatic rings. The lowest BCUT2D eigenvalue weighted by molar-refractivity contribution is -0.146. The molecule has 0 aromatic heterocycles. The van der Waals surface area contributed by atoms with Crippen LogP contribution in [-0.2, 0) is 23.9 Å². The molecule has 6 atom stereocenters. The minimum absolute atomic E-state index is 0.0186. The molecule has 0 bridgehead atoms. The number of Topliss-reactive ketones (excluding diaryl/α,β-unsaturated/α-hetero) is 2. The van der Waals surface area contributed by atoms with Gasteiger partial charge in [-0.05, 0) is 13.8 Å². The Morgan fingerprint density at radius 2 is 1.93 bits per heavy atom. The number of ether oxygens (including phenoxy) is 2. The van der Waals surface area contributed by atoms with E-state index >= 15 is 0 Å². The first-order chi connectivity index (χ1) is 13.0. The van der Waals surface area contributed by atoms with Crippen LogP contribution >= 0.6 is 0 Å². The molecule has 0 aliphatic carbocycles. The number of allylic oxidation sites excluding steroid dienone is 1. The molecule has 1 heterocycles. The highest BCUT2D eigenvalue weighted by atomic mass is 16.6. The lowest BCUT2D eigenvalue weighted by Gasteiger charge is -2.27. The van der Waals surface area contributed by atoms with Crippen LogP contribution in [0.4, 0.5) is 0 Å². The highest BCUT2D eigenvalue weighted by Crippen LogP contribution is 2.46. The Hall–Kier alpha value is -1.83. The van der Waals surface area contributed by atoms with Crippen molar-refractivity contribution in [2.24, 2.45) is 11.8 Å². The average Bonchev–Trinajstić information content (AvgIpc) is 3.33. The fraction of sp³-hybridized carbons (Fsp3) is 0.667. The van der Waals surface area contributed by atoms with Gasteiger partial charge in [0.2, 0.25) is 0 Å². The molecular formula is C21H32O7. The van der Waals surface area contributed by atoms with Gasteiger partial charge in [0.25, 0.3) is 0 Å². The zero-order valence-electron chi connectivity index (χ0n) is 17.3. The third-order valence-corrected chi connectivity index (χ3v) is 5.17. The Morgan fingerprint density at radius 1 is 1.32 bits per heavy atom. The Balaban J connectivity index is 2.99. The van der Waals surface area contributed by atoms with Gasteiger partial charge in [0.1, 0.15) is 18.0 Å². The maximum absolute atomic E-state index is 12.9. The molecule has 0 amide bonds. The Labute approximate surface area is 166 Å². The molecule has 0 spiro atoms. The zero-order valence-corrected chi connectivity index (χ0v) is 17.3. The molecule has 2 N–H and O–H groups in total. The predicted octanol–water partition coefficient (Wildman–Crippen LogP) is 1.75. The molecule has 1 fully saturated rings. The minimum Gasteiger partial charge on any atom is -0.465 e. The van der Waals surface area contributed by atoms with Crippen LogP contribution in [0.2, 0.25) is 0 Å². The van der Waals surface area contributed by atoms with E-state index in [0.29, 0.717) is 0 Å². The summed E-state index contributed by atoms with van der Waals surface area (Å²) in [5, 5.41) is 21.0. The first-order valence-corrected chi connectivity index (χ1v) is 9.54. The lowest BCUT2D eigenvalue weighted by Crippen LogP contribution is -2.44. The largest absolute Gasteiger partial charge is 0.465 e. The van der Waals surface area contributed by atoms with Crippen LogP contribution in [0.3, 0.4) is 0 Å². The molecule has 28 heavy (non-hydrogen) atoms. The molecule has 0 radical (unpaired) electrons. The van der Waals surface area contributed by atoms with E-state index in [1.54, 1.807) is 13.8 Å². The highest BCUT2D eigenvalue weighted by Gasteiger charge is 2.61. The Morgan fingerprint density at radius 3 is 2.43 bits per heavy atom. The molecule has 1 aliphatic heterocycles. The second kappa shape index (κ2) is 10.1. The van der Waals surface area contributed by atoms with Crippen molar-refractivity contribution in [2.75, 3.05) is 6.61 Å². The van der Waals surface area contributed by atoms with Crippen molar-refractivity contribution in [1.82, 2.24) is 0 Å². The lowest BCUT2D eigenvalue weighted by atomic mass is 9.81. The van der Waals surface area contributed by atoms with Crippen molar-refractivity contribution in [3.05, 3.63) is 24.3 Å². The van der Waals surface area contributed by atoms with Crippen LogP contribution in [0.5, 0.6) is 0 Å². The molecule has 1 saturated heterocycles. The number of hydrogen-bond donors (Lipinski definition) is 2. The summed E-state index contributed by atoms with van der Waals surface area (Å²) in [6, 6.07) is 0. The quantitative estimate of drug-likeness (QED) is 0.224. The Kier molecular flexibility index (Phi) is 8.73. The van der Waals surface area contributed by atoms with Crippen molar-refractivity contribution >= 4 is 17.5 Å². The first-order valence-electron chi connectivity index (χ1n) is 9.54. The fourth-order valence-electron chi connectivity index (χ4n) is 3.31. The van der Waals surface area contributed by atoms with Crippen LogP contribution in [0.15, 0.2) is 24.3 Å². The van der Waals surface area contributed by atoms with E-state index in [2.05, 4.69) is 6.58 Å². The van der Waals surface area contributed by atoms with Gasteiger partial charge in [-0.25, -0.2) is 0 Å². The Bertz CT molecular complexity index is 639. The first kappa shape index (κ1) is 24.2. The normalized spacial score (nSPS) is 25.6. The third kappa shape index (κ3) is 5.83. The van der Waals surface area contributed by atoms with Crippen LogP contribution in [0.1, 0.15) is 47.5 Å². The van der Waals surface area contributed by atoms with Gasteiger partial charge >= 0.3 is 5.97 Å². The summed E-state index contributed by atoms with van der Waals surface area (Å²) in [5.41, 5.74) is -1.19. The number of aliphatic hydroxyl groups excluding tert-OH is 2. The van der Waals surface area contributed by atoms with Crippen molar-refractivity contribution in [3.8, 4) is 0 Å². The molecule has 1 rings (SSSR count). The number of epoxide rings is 1. The van der Waals surface area contributed by atoms with E-state index < -0.39 is 35.5 Å². The van der Waals surface area contributed by atoms with Crippen molar-refractivity contribution in [2.45, 2.75) is 71.4 Å². The van der Waals surface area contributed by atoms with E-state index in [1.807, 2.05) is 26.0 Å². The van der Waals surface area contributed by atoms with Crippen molar-refractivity contribution in [1.29, 1.82) is 0 Å². The summed E-state index contributed by atoms with van der Waals surface area (Å²) >= 11 is 0. The van der Waals surface area contributed by atoms with Gasteiger partial charge in [0.05, 0.1) is 24.2 Å². The van der Waals surface area contributed by atoms with E-state index in [4.69, 9.17) is 9.47 Å².